The van der Waals surface area contributed by atoms with E-state index in [0.29, 0.717) is 44.3 Å². The number of hydrogen-bond donors (Lipinski definition) is 4. The van der Waals surface area contributed by atoms with Crippen LogP contribution in [0.4, 0.5) is 18.4 Å². The minimum atomic E-state index is -0.966. The summed E-state index contributed by atoms with van der Waals surface area (Å²) in [5.41, 5.74) is 2.43. The molecule has 2 saturated heterocycles. The van der Waals surface area contributed by atoms with Gasteiger partial charge in [-0.1, -0.05) is 13.8 Å². The molecule has 2 aliphatic rings. The van der Waals surface area contributed by atoms with Crippen molar-refractivity contribution < 1.29 is 56.5 Å². The molecule has 0 radical (unpaired) electrons. The molecule has 6 atom stereocenters. The number of aromatic nitrogens is 2. The lowest BCUT2D eigenvalue weighted by molar-refractivity contribution is -0.147. The number of alkyl carbamates (subject to hydrolysis) is 2. The third kappa shape index (κ3) is 11.6. The third-order valence-electron chi connectivity index (χ3n) is 11.6. The molecule has 0 spiro atoms. The topological polar surface area (TPSA) is 201 Å². The predicted molar refractivity (Wildman–Crippen MR) is 237 cm³/mol. The van der Waals surface area contributed by atoms with Crippen LogP contribution in [0.25, 0.3) is 33.2 Å². The number of carbonyl (C=O) groups is 6. The van der Waals surface area contributed by atoms with Gasteiger partial charge >= 0.3 is 24.1 Å². The summed E-state index contributed by atoms with van der Waals surface area (Å²) < 4.78 is 52.0. The number of rotatable bonds is 14. The number of benzene rings is 2. The fourth-order valence-corrected chi connectivity index (χ4v) is 9.01. The molecule has 4 heterocycles. The lowest BCUT2D eigenvalue weighted by Crippen LogP contribution is -2.51. The van der Waals surface area contributed by atoms with E-state index in [-0.39, 0.29) is 51.6 Å². The molecule has 6 rings (SSSR count). The Morgan fingerprint density at radius 2 is 1.12 bits per heavy atom. The summed E-state index contributed by atoms with van der Waals surface area (Å²) in [6, 6.07) is 5.55. The van der Waals surface area contributed by atoms with Crippen LogP contribution in [0.1, 0.15) is 99.1 Å². The van der Waals surface area contributed by atoms with Crippen LogP contribution in [-0.4, -0.2) is 117 Å². The fraction of sp³-hybridized carbons (Fsp3) is 0.532. The summed E-state index contributed by atoms with van der Waals surface area (Å²) in [5.74, 6) is -2.86. The number of hydrogen-bond acceptors (Lipinski definition) is 10. The first-order valence-electron chi connectivity index (χ1n) is 22.2. The molecular formula is C47H60F2N6O10. The zero-order valence-corrected chi connectivity index (χ0v) is 38.4. The Balaban J connectivity index is 1.43. The maximum absolute atomic E-state index is 15.0. The summed E-state index contributed by atoms with van der Waals surface area (Å²) in [7, 11) is 0. The number of nitrogens with zero attached hydrogens (tertiary/aromatic N) is 2. The Kier molecular flexibility index (Phi) is 14.8. The molecule has 352 valence electrons. The fourth-order valence-electron chi connectivity index (χ4n) is 9.01. The summed E-state index contributed by atoms with van der Waals surface area (Å²) >= 11 is 0. The Labute approximate surface area is 376 Å². The van der Waals surface area contributed by atoms with E-state index in [2.05, 4.69) is 20.6 Å². The Hall–Kier alpha value is -6.20. The molecule has 4 N–H and O–H groups in total. The molecule has 0 unspecified atom stereocenters. The second-order valence-corrected chi connectivity index (χ2v) is 18.1. The number of aromatic amines is 2. The van der Waals surface area contributed by atoms with Gasteiger partial charge in [0.25, 0.3) is 0 Å². The minimum Gasteiger partial charge on any atom is -0.461 e. The Morgan fingerprint density at radius 1 is 0.708 bits per heavy atom. The molecule has 2 aliphatic heterocycles. The molecule has 0 saturated carbocycles. The van der Waals surface area contributed by atoms with Crippen LogP contribution in [0, 0.1) is 11.6 Å². The highest BCUT2D eigenvalue weighted by atomic mass is 19.1. The van der Waals surface area contributed by atoms with Gasteiger partial charge < -0.3 is 49.3 Å². The van der Waals surface area contributed by atoms with Crippen LogP contribution in [0.15, 0.2) is 36.4 Å². The first-order chi connectivity index (χ1) is 30.6. The van der Waals surface area contributed by atoms with Gasteiger partial charge in [0.05, 0.1) is 30.6 Å². The standard InChI is InChI=1S/C47H60F2N6O10/c1-10-37(52-45(60)62-24(3)4)43(58)54-22-31(63-25(5)56)18-29(54)20-35-33-14-12-27(48)16-39(33)50-41(35)42-36(34-15-13-28(49)17-40(34)51-42)21-30-19-32(64-26(6)57)23-55(30)44(59)38(11-2)53-46(61)65-47(7,8)9/h12-17,24,29-32,37-38,50-51H,10-11,18-23H2,1-9H3,(H,52,60)(H,53,61)/t29-,30-,31-,32-,37-,38-/m0/s1. The van der Waals surface area contributed by atoms with Gasteiger partial charge in [-0.2, -0.15) is 0 Å². The minimum absolute atomic E-state index is 0.0522. The number of fused-ring (bicyclic) bond motifs is 2. The summed E-state index contributed by atoms with van der Waals surface area (Å²) in [5, 5.41) is 6.64. The molecule has 65 heavy (non-hydrogen) atoms. The molecular weight excluding hydrogens is 847 g/mol. The van der Waals surface area contributed by atoms with E-state index in [1.54, 1.807) is 70.4 Å². The van der Waals surface area contributed by atoms with E-state index in [1.165, 1.54) is 38.1 Å². The second kappa shape index (κ2) is 19.9. The van der Waals surface area contributed by atoms with Gasteiger partial charge in [-0.3, -0.25) is 19.2 Å². The van der Waals surface area contributed by atoms with E-state index in [4.69, 9.17) is 18.9 Å². The maximum atomic E-state index is 15.0. The number of esters is 2. The van der Waals surface area contributed by atoms with E-state index in [1.807, 2.05) is 0 Å². The second-order valence-electron chi connectivity index (χ2n) is 18.1. The van der Waals surface area contributed by atoms with Crippen LogP contribution in [-0.2, 0) is 51.0 Å². The van der Waals surface area contributed by atoms with Crippen molar-refractivity contribution in [2.75, 3.05) is 13.1 Å². The van der Waals surface area contributed by atoms with Gasteiger partial charge in [-0.15, -0.1) is 0 Å². The first kappa shape index (κ1) is 48.3. The molecule has 2 aromatic heterocycles. The van der Waals surface area contributed by atoms with Crippen molar-refractivity contribution >= 4 is 57.7 Å². The molecule has 0 aliphatic carbocycles. The number of ether oxygens (including phenoxy) is 4. The largest absolute Gasteiger partial charge is 0.461 e. The highest BCUT2D eigenvalue weighted by Crippen LogP contribution is 2.40. The molecule has 18 heteroatoms. The van der Waals surface area contributed by atoms with E-state index >= 15 is 0 Å². The number of carbonyl (C=O) groups excluding carboxylic acids is 6. The number of halogens is 2. The Bertz CT molecular complexity index is 2440. The normalized spacial score (nSPS) is 19.6. The molecule has 4 amide bonds. The molecule has 0 bridgehead atoms. The zero-order valence-electron chi connectivity index (χ0n) is 38.4. The van der Waals surface area contributed by atoms with Gasteiger partial charge in [0.15, 0.2) is 0 Å². The lowest BCUT2D eigenvalue weighted by Gasteiger charge is -2.30. The van der Waals surface area contributed by atoms with Gasteiger partial charge in [0.1, 0.15) is 41.5 Å². The number of amides is 4. The Morgan fingerprint density at radius 3 is 1.49 bits per heavy atom. The maximum Gasteiger partial charge on any atom is 0.408 e. The average Bonchev–Trinajstić information content (AvgIpc) is 3.97. The van der Waals surface area contributed by atoms with Crippen molar-refractivity contribution in [2.24, 2.45) is 0 Å². The zero-order chi connectivity index (χ0) is 47.5. The van der Waals surface area contributed by atoms with Crippen molar-refractivity contribution in [3.63, 3.8) is 0 Å². The smallest absolute Gasteiger partial charge is 0.408 e. The summed E-state index contributed by atoms with van der Waals surface area (Å²) in [6.07, 6.45) is -1.91. The van der Waals surface area contributed by atoms with Crippen LogP contribution >= 0.6 is 0 Å². The quantitative estimate of drug-likeness (QED) is 0.0757. The number of nitrogens with one attached hydrogen (secondary N) is 4. The van der Waals surface area contributed by atoms with Crippen LogP contribution in [0.3, 0.4) is 0 Å². The predicted octanol–water partition coefficient (Wildman–Crippen LogP) is 6.96. The highest BCUT2D eigenvalue weighted by molar-refractivity contribution is 5.96. The summed E-state index contributed by atoms with van der Waals surface area (Å²) in [4.78, 5) is 88.7. The molecule has 16 nitrogen and oxygen atoms in total. The van der Waals surface area contributed by atoms with E-state index < -0.39 is 95.7 Å². The first-order valence-corrected chi connectivity index (χ1v) is 22.2. The van der Waals surface area contributed by atoms with Crippen molar-refractivity contribution in [3.8, 4) is 11.4 Å². The van der Waals surface area contributed by atoms with Crippen LogP contribution < -0.4 is 10.6 Å². The van der Waals surface area contributed by atoms with Crippen molar-refractivity contribution in [3.05, 3.63) is 59.2 Å². The van der Waals surface area contributed by atoms with Gasteiger partial charge in [0, 0.05) is 60.6 Å². The molecule has 2 fully saturated rings. The van der Waals surface area contributed by atoms with Gasteiger partial charge in [-0.25, -0.2) is 18.4 Å². The van der Waals surface area contributed by atoms with Crippen molar-refractivity contribution in [1.82, 2.24) is 30.4 Å². The SMILES string of the molecule is CC[C@H](NC(=O)OC(C)C)C(=O)N1C[C@@H](OC(C)=O)C[C@H]1Cc1c(-c2[nH]c3cc(F)ccc3c2C[C@@H]2C[C@H](OC(C)=O)CN2C(=O)[C@H](CC)NC(=O)OC(C)(C)C)[nH]c2cc(F)ccc12. The van der Waals surface area contributed by atoms with E-state index in [0.717, 1.165) is 0 Å². The van der Waals surface area contributed by atoms with E-state index in [9.17, 15) is 37.5 Å². The van der Waals surface area contributed by atoms with Gasteiger partial charge in [-0.05, 0) is 108 Å². The van der Waals surface area contributed by atoms with Crippen LogP contribution in [0.2, 0.25) is 0 Å². The number of likely N-dealkylation sites (tertiary alicyclic amines) is 2. The monoisotopic (exact) mass is 906 g/mol. The van der Waals surface area contributed by atoms with Crippen LogP contribution in [0.5, 0.6) is 0 Å². The lowest BCUT2D eigenvalue weighted by atomic mass is 9.94. The number of H-pyrrole nitrogens is 2. The van der Waals surface area contributed by atoms with Crippen molar-refractivity contribution in [2.45, 2.75) is 149 Å². The third-order valence-corrected chi connectivity index (χ3v) is 11.6. The van der Waals surface area contributed by atoms with Gasteiger partial charge in [0.2, 0.25) is 11.8 Å². The van der Waals surface area contributed by atoms with Crippen molar-refractivity contribution in [1.29, 1.82) is 0 Å². The summed E-state index contributed by atoms with van der Waals surface area (Å²) in [6.45, 7) is 14.7. The highest BCUT2D eigenvalue weighted by Gasteiger charge is 2.43. The average molecular weight is 907 g/mol. The molecule has 4 aromatic rings. The molecule has 2 aromatic carbocycles.